The largest absolute Gasteiger partial charge is 0.480 e. The van der Waals surface area contributed by atoms with Gasteiger partial charge in [-0.2, -0.15) is 0 Å². The predicted molar refractivity (Wildman–Crippen MR) is 62.6 cm³/mol. The molecule has 1 amide bonds. The van der Waals surface area contributed by atoms with Gasteiger partial charge in [-0.1, -0.05) is 19.8 Å². The number of rotatable bonds is 5. The number of hydrogen-bond donors (Lipinski definition) is 2. The zero-order chi connectivity index (χ0) is 12.8. The molecule has 0 aliphatic heterocycles. The summed E-state index contributed by atoms with van der Waals surface area (Å²) >= 11 is 0. The van der Waals surface area contributed by atoms with E-state index in [-0.39, 0.29) is 18.6 Å². The molecule has 0 radical (unpaired) electrons. The third-order valence-electron chi connectivity index (χ3n) is 3.21. The monoisotopic (exact) mass is 243 g/mol. The summed E-state index contributed by atoms with van der Waals surface area (Å²) in [6, 6.07) is -0.866. The minimum atomic E-state index is -1.04. The van der Waals surface area contributed by atoms with Crippen LogP contribution in [0.1, 0.15) is 39.5 Å². The number of hydrogen-bond acceptors (Lipinski definition) is 3. The fourth-order valence-electron chi connectivity index (χ4n) is 2.06. The molecule has 0 bridgehead atoms. The van der Waals surface area contributed by atoms with Crippen molar-refractivity contribution in [2.45, 2.75) is 51.7 Å². The highest BCUT2D eigenvalue weighted by molar-refractivity contribution is 5.83. The van der Waals surface area contributed by atoms with Crippen LogP contribution in [0.15, 0.2) is 0 Å². The quantitative estimate of drug-likeness (QED) is 0.760. The summed E-state index contributed by atoms with van der Waals surface area (Å²) in [5, 5.41) is 11.0. The van der Waals surface area contributed by atoms with Crippen molar-refractivity contribution in [1.82, 2.24) is 5.32 Å². The Kier molecular flexibility index (Phi) is 5.41. The average molecular weight is 243 g/mol. The van der Waals surface area contributed by atoms with E-state index >= 15 is 0 Å². The van der Waals surface area contributed by atoms with Crippen LogP contribution in [0.3, 0.4) is 0 Å². The second-order valence-corrected chi connectivity index (χ2v) is 4.74. The maximum Gasteiger partial charge on any atom is 0.325 e. The lowest BCUT2D eigenvalue weighted by Crippen LogP contribution is -2.41. The van der Waals surface area contributed by atoms with Gasteiger partial charge in [0, 0.05) is 0 Å². The molecule has 0 saturated heterocycles. The summed E-state index contributed by atoms with van der Waals surface area (Å²) in [4.78, 5) is 21.9. The van der Waals surface area contributed by atoms with E-state index in [2.05, 4.69) is 12.2 Å². The third-order valence-corrected chi connectivity index (χ3v) is 3.21. The molecule has 0 spiro atoms. The van der Waals surface area contributed by atoms with E-state index in [9.17, 15) is 9.59 Å². The minimum absolute atomic E-state index is 0.0490. The molecule has 1 saturated carbocycles. The molecule has 0 aromatic rings. The molecule has 2 N–H and O–H groups in total. The summed E-state index contributed by atoms with van der Waals surface area (Å²) in [5.74, 6) is -0.921. The van der Waals surface area contributed by atoms with Crippen LogP contribution in [0.4, 0.5) is 0 Å². The number of carboxylic acid groups (broad SMARTS) is 1. The number of aliphatic carboxylic acids is 1. The van der Waals surface area contributed by atoms with Gasteiger partial charge in [-0.3, -0.25) is 9.59 Å². The first-order valence-corrected chi connectivity index (χ1v) is 6.14. The van der Waals surface area contributed by atoms with Crippen LogP contribution in [0.5, 0.6) is 0 Å². The number of amides is 1. The highest BCUT2D eigenvalue weighted by Gasteiger charge is 2.23. The van der Waals surface area contributed by atoms with Crippen LogP contribution in [0.25, 0.3) is 0 Å². The van der Waals surface area contributed by atoms with E-state index < -0.39 is 12.0 Å². The molecule has 0 unspecified atom stereocenters. The first-order valence-electron chi connectivity index (χ1n) is 6.14. The Morgan fingerprint density at radius 3 is 2.65 bits per heavy atom. The van der Waals surface area contributed by atoms with Gasteiger partial charge in [-0.25, -0.2) is 0 Å². The van der Waals surface area contributed by atoms with Crippen LogP contribution in [-0.2, 0) is 14.3 Å². The first kappa shape index (κ1) is 14.0. The van der Waals surface area contributed by atoms with E-state index in [0.29, 0.717) is 5.92 Å². The van der Waals surface area contributed by atoms with Crippen molar-refractivity contribution >= 4 is 11.9 Å². The number of nitrogens with one attached hydrogen (secondary N) is 1. The van der Waals surface area contributed by atoms with Gasteiger partial charge in [0.25, 0.3) is 0 Å². The van der Waals surface area contributed by atoms with E-state index in [4.69, 9.17) is 9.84 Å². The van der Waals surface area contributed by atoms with Gasteiger partial charge >= 0.3 is 5.97 Å². The zero-order valence-corrected chi connectivity index (χ0v) is 10.4. The molecular weight excluding hydrogens is 222 g/mol. The number of carbonyl (C=O) groups excluding carboxylic acids is 1. The highest BCUT2D eigenvalue weighted by Crippen LogP contribution is 2.25. The molecule has 0 aromatic carbocycles. The Labute approximate surface area is 102 Å². The standard InChI is InChI=1S/C12H21NO4/c1-8-5-3-4-6-10(8)17-7-11(14)13-9(2)12(15)16/h8-10H,3-7H2,1-2H3,(H,13,14)(H,15,16)/t8-,9+,10+/m0/s1. The Balaban J connectivity index is 2.25. The lowest BCUT2D eigenvalue weighted by Gasteiger charge is -2.28. The predicted octanol–water partition coefficient (Wildman–Crippen LogP) is 1.17. The van der Waals surface area contributed by atoms with Gasteiger partial charge in [0.2, 0.25) is 5.91 Å². The summed E-state index contributed by atoms with van der Waals surface area (Å²) in [7, 11) is 0. The fourth-order valence-corrected chi connectivity index (χ4v) is 2.06. The van der Waals surface area contributed by atoms with Crippen LogP contribution in [-0.4, -0.2) is 35.7 Å². The van der Waals surface area contributed by atoms with Crippen molar-refractivity contribution in [3.63, 3.8) is 0 Å². The van der Waals surface area contributed by atoms with Gasteiger partial charge in [0.1, 0.15) is 12.6 Å². The van der Waals surface area contributed by atoms with Gasteiger partial charge < -0.3 is 15.2 Å². The van der Waals surface area contributed by atoms with Crippen molar-refractivity contribution < 1.29 is 19.4 Å². The Bertz CT molecular complexity index is 280. The second-order valence-electron chi connectivity index (χ2n) is 4.74. The average Bonchev–Trinajstić information content (AvgIpc) is 2.27. The molecule has 1 rings (SSSR count). The number of carbonyl (C=O) groups is 2. The third kappa shape index (κ3) is 4.73. The Morgan fingerprint density at radius 1 is 1.41 bits per heavy atom. The van der Waals surface area contributed by atoms with E-state index in [1.54, 1.807) is 0 Å². The molecule has 17 heavy (non-hydrogen) atoms. The van der Waals surface area contributed by atoms with E-state index in [0.717, 1.165) is 19.3 Å². The minimum Gasteiger partial charge on any atom is -0.480 e. The van der Waals surface area contributed by atoms with Crippen molar-refractivity contribution in [2.24, 2.45) is 5.92 Å². The van der Waals surface area contributed by atoms with E-state index in [1.807, 2.05) is 0 Å². The summed E-state index contributed by atoms with van der Waals surface area (Å²) < 4.78 is 5.53. The topological polar surface area (TPSA) is 75.6 Å². The molecule has 0 aromatic heterocycles. The summed E-state index contributed by atoms with van der Waals surface area (Å²) in [5.41, 5.74) is 0. The Morgan fingerprint density at radius 2 is 2.06 bits per heavy atom. The van der Waals surface area contributed by atoms with Gasteiger partial charge in [-0.05, 0) is 25.7 Å². The molecule has 98 valence electrons. The van der Waals surface area contributed by atoms with Gasteiger partial charge in [-0.15, -0.1) is 0 Å². The fraction of sp³-hybridized carbons (Fsp3) is 0.833. The number of carboxylic acids is 1. The van der Waals surface area contributed by atoms with Crippen LogP contribution in [0, 0.1) is 5.92 Å². The van der Waals surface area contributed by atoms with Crippen molar-refractivity contribution in [3.8, 4) is 0 Å². The van der Waals surface area contributed by atoms with Crippen LogP contribution in [0.2, 0.25) is 0 Å². The van der Waals surface area contributed by atoms with Crippen molar-refractivity contribution in [1.29, 1.82) is 0 Å². The molecular formula is C12H21NO4. The molecule has 3 atom stereocenters. The van der Waals surface area contributed by atoms with Crippen LogP contribution >= 0.6 is 0 Å². The molecule has 0 heterocycles. The lowest BCUT2D eigenvalue weighted by atomic mass is 9.88. The molecule has 1 fully saturated rings. The first-order chi connectivity index (χ1) is 8.00. The van der Waals surface area contributed by atoms with Gasteiger partial charge in [0.05, 0.1) is 6.10 Å². The zero-order valence-electron chi connectivity index (χ0n) is 10.4. The summed E-state index contributed by atoms with van der Waals surface area (Å²) in [6.07, 6.45) is 4.63. The van der Waals surface area contributed by atoms with Crippen molar-refractivity contribution in [2.75, 3.05) is 6.61 Å². The smallest absolute Gasteiger partial charge is 0.325 e. The van der Waals surface area contributed by atoms with Crippen LogP contribution < -0.4 is 5.32 Å². The SMILES string of the molecule is C[C@@H](NC(=O)CO[C@@H]1CCCC[C@@H]1C)C(=O)O. The van der Waals surface area contributed by atoms with E-state index in [1.165, 1.54) is 13.3 Å². The Hall–Kier alpha value is -1.10. The van der Waals surface area contributed by atoms with Crippen molar-refractivity contribution in [3.05, 3.63) is 0 Å². The molecule has 1 aliphatic rings. The highest BCUT2D eigenvalue weighted by atomic mass is 16.5. The molecule has 5 heteroatoms. The molecule has 5 nitrogen and oxygen atoms in total. The van der Waals surface area contributed by atoms with Gasteiger partial charge in [0.15, 0.2) is 0 Å². The maximum absolute atomic E-state index is 11.4. The number of ether oxygens (including phenoxy) is 1. The summed E-state index contributed by atoms with van der Waals surface area (Å²) in [6.45, 7) is 3.51. The lowest BCUT2D eigenvalue weighted by molar-refractivity contribution is -0.142. The maximum atomic E-state index is 11.4. The molecule has 1 aliphatic carbocycles. The second kappa shape index (κ2) is 6.59. The normalized spacial score (nSPS) is 26.2.